The quantitative estimate of drug-likeness (QED) is 0.795. The summed E-state index contributed by atoms with van der Waals surface area (Å²) in [4.78, 5) is 12.1. The maximum absolute atomic E-state index is 12.1. The second kappa shape index (κ2) is 7.38. The first kappa shape index (κ1) is 16.5. The Balaban J connectivity index is 1.99. The van der Waals surface area contributed by atoms with Crippen LogP contribution in [-0.2, 0) is 0 Å². The summed E-state index contributed by atoms with van der Waals surface area (Å²) in [5.41, 5.74) is 2.41. The van der Waals surface area contributed by atoms with E-state index in [2.05, 4.69) is 26.6 Å². The van der Waals surface area contributed by atoms with E-state index < -0.39 is 0 Å². The van der Waals surface area contributed by atoms with Gasteiger partial charge in [-0.1, -0.05) is 17.7 Å². The van der Waals surface area contributed by atoms with E-state index in [4.69, 9.17) is 17.0 Å². The number of methoxy groups -OCH3 is 1. The molecule has 0 aliphatic heterocycles. The summed E-state index contributed by atoms with van der Waals surface area (Å²) in [6.07, 6.45) is 0. The van der Waals surface area contributed by atoms with E-state index in [0.29, 0.717) is 5.56 Å². The fraction of sp³-hybridized carbons (Fsp3) is 0.125. The van der Waals surface area contributed by atoms with Gasteiger partial charge >= 0.3 is 0 Å². The second-order valence-corrected chi connectivity index (χ2v) is 5.89. The Labute approximate surface area is 143 Å². The molecule has 6 heteroatoms. The number of amides is 1. The SMILES string of the molecule is COc1ccc(NC(=S)NC(=O)c2ccc(C)cc2)cc1Br. The lowest BCUT2D eigenvalue weighted by atomic mass is 10.1. The van der Waals surface area contributed by atoms with E-state index in [1.165, 1.54) is 0 Å². The molecule has 2 aromatic rings. The van der Waals surface area contributed by atoms with Gasteiger partial charge in [-0.25, -0.2) is 0 Å². The number of hydrogen-bond acceptors (Lipinski definition) is 3. The fourth-order valence-electron chi connectivity index (χ4n) is 1.79. The topological polar surface area (TPSA) is 50.4 Å². The molecule has 114 valence electrons. The minimum absolute atomic E-state index is 0.239. The number of carbonyl (C=O) groups excluding carboxylic acids is 1. The summed E-state index contributed by atoms with van der Waals surface area (Å²) in [5, 5.41) is 5.85. The van der Waals surface area contributed by atoms with E-state index in [9.17, 15) is 4.79 Å². The van der Waals surface area contributed by atoms with E-state index in [-0.39, 0.29) is 11.0 Å². The number of nitrogens with one attached hydrogen (secondary N) is 2. The lowest BCUT2D eigenvalue weighted by Crippen LogP contribution is -2.34. The average molecular weight is 379 g/mol. The number of anilines is 1. The van der Waals surface area contributed by atoms with Crippen LogP contribution in [-0.4, -0.2) is 18.1 Å². The number of thiocarbonyl (C=S) groups is 1. The molecule has 2 aromatic carbocycles. The van der Waals surface area contributed by atoms with Crippen molar-refractivity contribution in [1.29, 1.82) is 0 Å². The van der Waals surface area contributed by atoms with Gasteiger partial charge in [0.2, 0.25) is 0 Å². The van der Waals surface area contributed by atoms with Crippen molar-refractivity contribution in [2.45, 2.75) is 6.92 Å². The smallest absolute Gasteiger partial charge is 0.257 e. The number of ether oxygens (including phenoxy) is 1. The summed E-state index contributed by atoms with van der Waals surface area (Å²) >= 11 is 8.55. The Morgan fingerprint density at radius 2 is 1.86 bits per heavy atom. The zero-order valence-electron chi connectivity index (χ0n) is 12.1. The first-order valence-electron chi connectivity index (χ1n) is 6.52. The molecule has 0 spiro atoms. The van der Waals surface area contributed by atoms with Crippen LogP contribution in [0.2, 0.25) is 0 Å². The van der Waals surface area contributed by atoms with Crippen molar-refractivity contribution < 1.29 is 9.53 Å². The van der Waals surface area contributed by atoms with Crippen LogP contribution < -0.4 is 15.4 Å². The number of aryl methyl sites for hydroxylation is 1. The van der Waals surface area contributed by atoms with E-state index in [0.717, 1.165) is 21.5 Å². The molecule has 0 heterocycles. The molecule has 2 rings (SSSR count). The Morgan fingerprint density at radius 1 is 1.18 bits per heavy atom. The van der Waals surface area contributed by atoms with E-state index in [1.54, 1.807) is 25.3 Å². The molecule has 0 saturated heterocycles. The third-order valence-corrected chi connectivity index (χ3v) is 3.77. The highest BCUT2D eigenvalue weighted by molar-refractivity contribution is 9.10. The maximum atomic E-state index is 12.1. The Kier molecular flexibility index (Phi) is 5.51. The molecule has 2 N–H and O–H groups in total. The molecule has 1 amide bonds. The highest BCUT2D eigenvalue weighted by Gasteiger charge is 2.08. The van der Waals surface area contributed by atoms with Crippen LogP contribution in [0.15, 0.2) is 46.9 Å². The molecule has 0 saturated carbocycles. The largest absolute Gasteiger partial charge is 0.496 e. The van der Waals surface area contributed by atoms with Gasteiger partial charge in [-0.3, -0.25) is 10.1 Å². The molecule has 0 aliphatic rings. The number of rotatable bonds is 3. The van der Waals surface area contributed by atoms with Gasteiger partial charge in [0.25, 0.3) is 5.91 Å². The second-order valence-electron chi connectivity index (χ2n) is 4.62. The number of benzene rings is 2. The number of carbonyl (C=O) groups is 1. The Bertz CT molecular complexity index is 702. The first-order valence-corrected chi connectivity index (χ1v) is 7.72. The minimum Gasteiger partial charge on any atom is -0.496 e. The summed E-state index contributed by atoms with van der Waals surface area (Å²) in [6, 6.07) is 12.7. The van der Waals surface area contributed by atoms with Crippen LogP contribution in [0.4, 0.5) is 5.69 Å². The maximum Gasteiger partial charge on any atom is 0.257 e. The lowest BCUT2D eigenvalue weighted by molar-refractivity contribution is 0.0977. The molecule has 0 bridgehead atoms. The predicted molar refractivity (Wildman–Crippen MR) is 95.6 cm³/mol. The van der Waals surface area contributed by atoms with Gasteiger partial charge in [0, 0.05) is 11.3 Å². The van der Waals surface area contributed by atoms with Gasteiger partial charge in [-0.15, -0.1) is 0 Å². The summed E-state index contributed by atoms with van der Waals surface area (Å²) in [6.45, 7) is 1.97. The average Bonchev–Trinajstić information content (AvgIpc) is 2.48. The van der Waals surface area contributed by atoms with Crippen LogP contribution >= 0.6 is 28.1 Å². The predicted octanol–water partition coefficient (Wildman–Crippen LogP) is 3.89. The molecule has 0 unspecified atom stereocenters. The van der Waals surface area contributed by atoms with Gasteiger partial charge in [0.05, 0.1) is 11.6 Å². The third kappa shape index (κ3) is 4.29. The molecule has 0 fully saturated rings. The fourth-order valence-corrected chi connectivity index (χ4v) is 2.54. The minimum atomic E-state index is -0.245. The van der Waals surface area contributed by atoms with Gasteiger partial charge in [0.1, 0.15) is 5.75 Å². The van der Waals surface area contributed by atoms with Crippen molar-refractivity contribution in [1.82, 2.24) is 5.32 Å². The summed E-state index contributed by atoms with van der Waals surface area (Å²) in [5.74, 6) is 0.477. The van der Waals surface area contributed by atoms with Gasteiger partial charge in [0.15, 0.2) is 5.11 Å². The molecule has 0 atom stereocenters. The number of hydrogen-bond donors (Lipinski definition) is 2. The van der Waals surface area contributed by atoms with Crippen molar-refractivity contribution in [2.24, 2.45) is 0 Å². The molecular weight excluding hydrogens is 364 g/mol. The lowest BCUT2D eigenvalue weighted by Gasteiger charge is -2.11. The first-order chi connectivity index (χ1) is 10.5. The standard InChI is InChI=1S/C16H15BrN2O2S/c1-10-3-5-11(6-4-10)15(20)19-16(22)18-12-7-8-14(21-2)13(17)9-12/h3-9H,1-2H3,(H2,18,19,20,22). The van der Waals surface area contributed by atoms with Gasteiger partial charge in [-0.2, -0.15) is 0 Å². The zero-order chi connectivity index (χ0) is 16.1. The normalized spacial score (nSPS) is 9.95. The van der Waals surface area contributed by atoms with Gasteiger partial charge < -0.3 is 10.1 Å². The Hall–Kier alpha value is -1.92. The van der Waals surface area contributed by atoms with Crippen LogP contribution in [0.25, 0.3) is 0 Å². The van der Waals surface area contributed by atoms with Crippen LogP contribution in [0.5, 0.6) is 5.75 Å². The highest BCUT2D eigenvalue weighted by Crippen LogP contribution is 2.27. The molecular formula is C16H15BrN2O2S. The highest BCUT2D eigenvalue weighted by atomic mass is 79.9. The Morgan fingerprint density at radius 3 is 2.45 bits per heavy atom. The van der Waals surface area contributed by atoms with Crippen molar-refractivity contribution in [2.75, 3.05) is 12.4 Å². The monoisotopic (exact) mass is 378 g/mol. The van der Waals surface area contributed by atoms with Crippen LogP contribution in [0, 0.1) is 6.92 Å². The zero-order valence-corrected chi connectivity index (χ0v) is 14.5. The van der Waals surface area contributed by atoms with Crippen molar-refractivity contribution in [3.63, 3.8) is 0 Å². The van der Waals surface area contributed by atoms with Crippen LogP contribution in [0.3, 0.4) is 0 Å². The van der Waals surface area contributed by atoms with Gasteiger partial charge in [-0.05, 0) is 65.4 Å². The van der Waals surface area contributed by atoms with Crippen molar-refractivity contribution in [3.05, 3.63) is 58.1 Å². The molecule has 0 radical (unpaired) electrons. The summed E-state index contributed by atoms with van der Waals surface area (Å²) < 4.78 is 5.96. The third-order valence-electron chi connectivity index (χ3n) is 2.95. The molecule has 4 nitrogen and oxygen atoms in total. The van der Waals surface area contributed by atoms with E-state index >= 15 is 0 Å². The van der Waals surface area contributed by atoms with E-state index in [1.807, 2.05) is 31.2 Å². The van der Waals surface area contributed by atoms with Crippen molar-refractivity contribution >= 4 is 44.9 Å². The molecule has 0 aromatic heterocycles. The summed E-state index contributed by atoms with van der Waals surface area (Å²) in [7, 11) is 1.60. The number of halogens is 1. The molecule has 22 heavy (non-hydrogen) atoms. The van der Waals surface area contributed by atoms with Crippen LogP contribution in [0.1, 0.15) is 15.9 Å². The molecule has 0 aliphatic carbocycles. The van der Waals surface area contributed by atoms with Crippen molar-refractivity contribution in [3.8, 4) is 5.75 Å².